The number of amides is 1. The Kier molecular flexibility index (Phi) is 8.53. The number of nitrogens with one attached hydrogen (secondary N) is 1. The van der Waals surface area contributed by atoms with E-state index in [-0.39, 0.29) is 11.7 Å². The standard InChI is InChI=1S/C32H29N5O5/c1-3-41-30-18-24(13-16-29(30)42-21-27-9-6-8-25-7-4-5-10-28(25)27)19-33-34-32(38)26-14-11-23(12-15-26)20-36-22(2)17-31(35-36)37(39)40/h4-19H,3,20-21H2,1-2H3,(H,34,38)/b33-19+. The minimum Gasteiger partial charge on any atom is -0.490 e. The van der Waals surface area contributed by atoms with Gasteiger partial charge in [-0.25, -0.2) is 5.43 Å². The molecule has 42 heavy (non-hydrogen) atoms. The molecule has 0 aliphatic heterocycles. The van der Waals surface area contributed by atoms with E-state index in [4.69, 9.17) is 9.47 Å². The highest BCUT2D eigenvalue weighted by Gasteiger charge is 2.15. The van der Waals surface area contributed by atoms with Crippen molar-refractivity contribution in [2.24, 2.45) is 5.10 Å². The molecule has 5 rings (SSSR count). The van der Waals surface area contributed by atoms with Gasteiger partial charge in [0.15, 0.2) is 11.5 Å². The first-order chi connectivity index (χ1) is 20.4. The van der Waals surface area contributed by atoms with E-state index in [9.17, 15) is 14.9 Å². The van der Waals surface area contributed by atoms with Crippen LogP contribution in [0.5, 0.6) is 11.5 Å². The van der Waals surface area contributed by atoms with Gasteiger partial charge in [0.1, 0.15) is 6.61 Å². The van der Waals surface area contributed by atoms with Gasteiger partial charge >= 0.3 is 5.82 Å². The molecule has 10 heteroatoms. The molecule has 1 N–H and O–H groups in total. The van der Waals surface area contributed by atoms with E-state index in [1.165, 1.54) is 12.3 Å². The van der Waals surface area contributed by atoms with E-state index in [2.05, 4.69) is 33.8 Å². The van der Waals surface area contributed by atoms with Gasteiger partial charge in [0, 0.05) is 5.56 Å². The quantitative estimate of drug-likeness (QED) is 0.119. The summed E-state index contributed by atoms with van der Waals surface area (Å²) in [5.41, 5.74) is 6.30. The number of rotatable bonds is 11. The number of carbonyl (C=O) groups excluding carboxylic acids is 1. The van der Waals surface area contributed by atoms with Crippen LogP contribution in [0.15, 0.2) is 96.1 Å². The Hall–Kier alpha value is -5.51. The largest absolute Gasteiger partial charge is 0.490 e. The molecule has 0 radical (unpaired) electrons. The number of hydrogen-bond acceptors (Lipinski definition) is 7. The van der Waals surface area contributed by atoms with Gasteiger partial charge < -0.3 is 19.6 Å². The van der Waals surface area contributed by atoms with E-state index in [1.807, 2.05) is 49.4 Å². The Morgan fingerprint density at radius 1 is 1.00 bits per heavy atom. The van der Waals surface area contributed by atoms with E-state index in [1.54, 1.807) is 35.9 Å². The molecule has 5 aromatic rings. The summed E-state index contributed by atoms with van der Waals surface area (Å²) in [7, 11) is 0. The Bertz CT molecular complexity index is 1760. The lowest BCUT2D eigenvalue weighted by Gasteiger charge is -2.13. The fourth-order valence-corrected chi connectivity index (χ4v) is 4.47. The maximum Gasteiger partial charge on any atom is 0.390 e. The van der Waals surface area contributed by atoms with Crippen molar-refractivity contribution >= 4 is 28.7 Å². The van der Waals surface area contributed by atoms with Crippen molar-refractivity contribution < 1.29 is 19.2 Å². The van der Waals surface area contributed by atoms with Gasteiger partial charge in [-0.1, -0.05) is 54.6 Å². The van der Waals surface area contributed by atoms with Gasteiger partial charge in [-0.2, -0.15) is 9.78 Å². The summed E-state index contributed by atoms with van der Waals surface area (Å²) in [5.74, 6) is 0.633. The first kappa shape index (κ1) is 28.0. The zero-order valence-electron chi connectivity index (χ0n) is 23.2. The Labute approximate surface area is 242 Å². The van der Waals surface area contributed by atoms with E-state index < -0.39 is 4.92 Å². The number of ether oxygens (including phenoxy) is 2. The minimum atomic E-state index is -0.523. The van der Waals surface area contributed by atoms with Gasteiger partial charge in [0.25, 0.3) is 5.91 Å². The summed E-state index contributed by atoms with van der Waals surface area (Å²) in [6, 6.07) is 28.1. The number of carbonyl (C=O) groups is 1. The highest BCUT2D eigenvalue weighted by atomic mass is 16.6. The summed E-state index contributed by atoms with van der Waals surface area (Å²) in [6.07, 6.45) is 1.54. The molecule has 0 saturated heterocycles. The second-order valence-electron chi connectivity index (χ2n) is 9.52. The van der Waals surface area contributed by atoms with Crippen molar-refractivity contribution in [3.63, 3.8) is 0 Å². The number of benzene rings is 4. The van der Waals surface area contributed by atoms with Crippen molar-refractivity contribution in [2.45, 2.75) is 27.0 Å². The fraction of sp³-hybridized carbons (Fsp3) is 0.156. The van der Waals surface area contributed by atoms with Crippen molar-refractivity contribution in [1.29, 1.82) is 0 Å². The van der Waals surface area contributed by atoms with Crippen LogP contribution in [-0.2, 0) is 13.2 Å². The van der Waals surface area contributed by atoms with Gasteiger partial charge in [-0.15, -0.1) is 0 Å². The molecular formula is C32H29N5O5. The number of aromatic nitrogens is 2. The van der Waals surface area contributed by atoms with E-state index in [0.29, 0.717) is 42.5 Å². The first-order valence-electron chi connectivity index (χ1n) is 13.4. The number of fused-ring (bicyclic) bond motifs is 1. The average Bonchev–Trinajstić information content (AvgIpc) is 3.37. The monoisotopic (exact) mass is 563 g/mol. The third-order valence-electron chi connectivity index (χ3n) is 6.61. The maximum atomic E-state index is 12.6. The zero-order chi connectivity index (χ0) is 29.5. The van der Waals surface area contributed by atoms with Crippen LogP contribution in [0.2, 0.25) is 0 Å². The summed E-state index contributed by atoms with van der Waals surface area (Å²) in [5, 5.41) is 21.3. The lowest BCUT2D eigenvalue weighted by atomic mass is 10.1. The molecule has 0 aliphatic rings. The van der Waals surface area contributed by atoms with Gasteiger partial charge in [0.2, 0.25) is 0 Å². The van der Waals surface area contributed by atoms with E-state index >= 15 is 0 Å². The average molecular weight is 564 g/mol. The van der Waals surface area contributed by atoms with Crippen molar-refractivity contribution in [1.82, 2.24) is 15.2 Å². The molecular weight excluding hydrogens is 534 g/mol. The SMILES string of the molecule is CCOc1cc(/C=N/NC(=O)c2ccc(Cn3nc([N+](=O)[O-])cc3C)cc2)ccc1OCc1cccc2ccccc12. The third kappa shape index (κ3) is 6.61. The smallest absolute Gasteiger partial charge is 0.390 e. The summed E-state index contributed by atoms with van der Waals surface area (Å²) in [6.45, 7) is 4.87. The Morgan fingerprint density at radius 2 is 1.79 bits per heavy atom. The van der Waals surface area contributed by atoms with Gasteiger partial charge in [-0.3, -0.25) is 4.79 Å². The number of nitrogens with zero attached hydrogens (tertiary/aromatic N) is 4. The predicted octanol–water partition coefficient (Wildman–Crippen LogP) is 6.04. The van der Waals surface area contributed by atoms with Crippen LogP contribution in [0.3, 0.4) is 0 Å². The summed E-state index contributed by atoms with van der Waals surface area (Å²) < 4.78 is 13.5. The molecule has 1 amide bonds. The van der Waals surface area contributed by atoms with Crippen LogP contribution in [0.25, 0.3) is 10.8 Å². The van der Waals surface area contributed by atoms with Crippen LogP contribution < -0.4 is 14.9 Å². The van der Waals surface area contributed by atoms with Gasteiger partial charge in [-0.05, 0) is 76.6 Å². The Morgan fingerprint density at radius 3 is 2.55 bits per heavy atom. The van der Waals surface area contributed by atoms with Crippen molar-refractivity contribution in [3.8, 4) is 11.5 Å². The Balaban J connectivity index is 1.20. The van der Waals surface area contributed by atoms with Crippen LogP contribution in [0.1, 0.15) is 39.7 Å². The molecule has 212 valence electrons. The lowest BCUT2D eigenvalue weighted by molar-refractivity contribution is -0.389. The summed E-state index contributed by atoms with van der Waals surface area (Å²) in [4.78, 5) is 23.0. The molecule has 10 nitrogen and oxygen atoms in total. The molecule has 0 bridgehead atoms. The highest BCUT2D eigenvalue weighted by Crippen LogP contribution is 2.30. The second kappa shape index (κ2) is 12.8. The predicted molar refractivity (Wildman–Crippen MR) is 160 cm³/mol. The van der Waals surface area contributed by atoms with Crippen molar-refractivity contribution in [3.05, 3.63) is 129 Å². The van der Waals surface area contributed by atoms with Crippen LogP contribution >= 0.6 is 0 Å². The molecule has 0 aliphatic carbocycles. The number of aryl methyl sites for hydroxylation is 1. The molecule has 0 saturated carbocycles. The maximum absolute atomic E-state index is 12.6. The number of hydrogen-bond donors (Lipinski definition) is 1. The second-order valence-corrected chi connectivity index (χ2v) is 9.52. The zero-order valence-corrected chi connectivity index (χ0v) is 23.2. The van der Waals surface area contributed by atoms with Crippen LogP contribution in [0, 0.1) is 17.0 Å². The minimum absolute atomic E-state index is 0.196. The van der Waals surface area contributed by atoms with Crippen LogP contribution in [0.4, 0.5) is 5.82 Å². The topological polar surface area (TPSA) is 121 Å². The number of nitro groups is 1. The van der Waals surface area contributed by atoms with Crippen LogP contribution in [-0.4, -0.2) is 33.4 Å². The lowest BCUT2D eigenvalue weighted by Crippen LogP contribution is -2.17. The molecule has 1 heterocycles. The molecule has 0 fully saturated rings. The molecule has 0 atom stereocenters. The van der Waals surface area contributed by atoms with Gasteiger partial charge in [0.05, 0.1) is 36.2 Å². The van der Waals surface area contributed by atoms with Crippen molar-refractivity contribution in [2.75, 3.05) is 6.61 Å². The first-order valence-corrected chi connectivity index (χ1v) is 13.4. The van der Waals surface area contributed by atoms with E-state index in [0.717, 1.165) is 27.5 Å². The summed E-state index contributed by atoms with van der Waals surface area (Å²) >= 11 is 0. The molecule has 0 spiro atoms. The molecule has 1 aromatic heterocycles. The molecule has 4 aromatic carbocycles. The fourth-order valence-electron chi connectivity index (χ4n) is 4.47. The highest BCUT2D eigenvalue weighted by molar-refractivity contribution is 5.95. The third-order valence-corrected chi connectivity index (χ3v) is 6.61. The normalized spacial score (nSPS) is 11.1. The molecule has 0 unspecified atom stereocenters. The number of hydrazone groups is 1.